The number of rotatable bonds is 7. The Hall–Kier alpha value is -4.37. The van der Waals surface area contributed by atoms with E-state index in [0.29, 0.717) is 17.7 Å². The second-order valence-electron chi connectivity index (χ2n) is 9.25. The number of methoxy groups -OCH3 is 1. The first kappa shape index (κ1) is 30.6. The summed E-state index contributed by atoms with van der Waals surface area (Å²) < 4.78 is 127. The Labute approximate surface area is 232 Å². The summed E-state index contributed by atoms with van der Waals surface area (Å²) in [4.78, 5) is 6.01. The van der Waals surface area contributed by atoms with Crippen molar-refractivity contribution in [1.82, 2.24) is 25.2 Å². The highest BCUT2D eigenvalue weighted by molar-refractivity contribution is 5.71. The van der Waals surface area contributed by atoms with E-state index in [1.54, 1.807) is 13.0 Å². The number of pyridine rings is 1. The summed E-state index contributed by atoms with van der Waals surface area (Å²) in [7, 11) is 2.69. The first-order valence-electron chi connectivity index (χ1n) is 11.9. The summed E-state index contributed by atoms with van der Waals surface area (Å²) in [6, 6.07) is 7.66. The van der Waals surface area contributed by atoms with Crippen molar-refractivity contribution in [3.05, 3.63) is 82.0 Å². The van der Waals surface area contributed by atoms with Crippen LogP contribution in [0.3, 0.4) is 0 Å². The molecule has 0 radical (unpaired) electrons. The van der Waals surface area contributed by atoms with Crippen molar-refractivity contribution in [1.29, 1.82) is 0 Å². The first-order valence-corrected chi connectivity index (χ1v) is 11.9. The smallest absolute Gasteiger partial charge is 0.433 e. The van der Waals surface area contributed by atoms with E-state index < -0.39 is 47.5 Å². The molecule has 0 aliphatic rings. The second-order valence-corrected chi connectivity index (χ2v) is 9.25. The number of hydrogen-bond acceptors (Lipinski definition) is 6. The number of benzene rings is 2. The third-order valence-electron chi connectivity index (χ3n) is 6.04. The van der Waals surface area contributed by atoms with Gasteiger partial charge in [0.05, 0.1) is 31.0 Å². The fraction of sp³-hybridized carbons (Fsp3) is 0.308. The van der Waals surface area contributed by atoms with Crippen molar-refractivity contribution in [2.45, 2.75) is 38.5 Å². The topological polar surface area (TPSA) is 69.0 Å². The van der Waals surface area contributed by atoms with Crippen molar-refractivity contribution in [2.75, 3.05) is 12.0 Å². The minimum absolute atomic E-state index is 0.00366. The van der Waals surface area contributed by atoms with E-state index in [9.17, 15) is 39.5 Å². The Morgan fingerprint density at radius 1 is 0.810 bits per heavy atom. The van der Waals surface area contributed by atoms with E-state index in [0.717, 1.165) is 16.9 Å². The number of nitrogens with zero attached hydrogens (tertiary/aromatic N) is 6. The van der Waals surface area contributed by atoms with Gasteiger partial charge in [0.1, 0.15) is 11.4 Å². The van der Waals surface area contributed by atoms with Crippen LogP contribution >= 0.6 is 0 Å². The van der Waals surface area contributed by atoms with Gasteiger partial charge in [-0.3, -0.25) is 0 Å². The molecule has 4 aromatic rings. The molecule has 0 saturated heterocycles. The van der Waals surface area contributed by atoms with Gasteiger partial charge in [0.2, 0.25) is 0 Å². The number of halogens is 9. The Bertz CT molecular complexity index is 1550. The van der Waals surface area contributed by atoms with Gasteiger partial charge in [0.15, 0.2) is 0 Å². The Morgan fingerprint density at radius 3 is 1.98 bits per heavy atom. The maximum absolute atomic E-state index is 13.6. The van der Waals surface area contributed by atoms with E-state index in [-0.39, 0.29) is 41.1 Å². The molecule has 0 aliphatic heterocycles. The fourth-order valence-electron chi connectivity index (χ4n) is 4.15. The zero-order valence-electron chi connectivity index (χ0n) is 22.0. The first-order chi connectivity index (χ1) is 19.5. The Kier molecular flexibility index (Phi) is 8.11. The molecule has 2 aromatic carbocycles. The summed E-state index contributed by atoms with van der Waals surface area (Å²) in [5.74, 6) is -0.0175. The molecular formula is C26H21F9N6O. The van der Waals surface area contributed by atoms with Crippen LogP contribution in [0.25, 0.3) is 11.3 Å². The van der Waals surface area contributed by atoms with Gasteiger partial charge in [-0.2, -0.15) is 44.3 Å². The third-order valence-corrected chi connectivity index (χ3v) is 6.04. The van der Waals surface area contributed by atoms with Gasteiger partial charge in [-0.05, 0) is 59.7 Å². The molecule has 0 amide bonds. The van der Waals surface area contributed by atoms with Crippen LogP contribution in [-0.4, -0.2) is 32.3 Å². The molecule has 4 rings (SSSR count). The van der Waals surface area contributed by atoms with Crippen molar-refractivity contribution < 1.29 is 44.3 Å². The van der Waals surface area contributed by atoms with Crippen LogP contribution in [0.4, 0.5) is 45.5 Å². The van der Waals surface area contributed by atoms with Crippen LogP contribution in [-0.2, 0) is 38.7 Å². The summed E-state index contributed by atoms with van der Waals surface area (Å²) in [6.07, 6.45) is -15.0. The monoisotopic (exact) mass is 604 g/mol. The molecule has 0 N–H and O–H groups in total. The lowest BCUT2D eigenvalue weighted by Crippen LogP contribution is -2.25. The minimum atomic E-state index is -5.09. The van der Waals surface area contributed by atoms with Gasteiger partial charge in [-0.15, -0.1) is 5.10 Å². The predicted molar refractivity (Wildman–Crippen MR) is 131 cm³/mol. The number of anilines is 1. The molecule has 0 aliphatic carbocycles. The summed E-state index contributed by atoms with van der Waals surface area (Å²) >= 11 is 0. The van der Waals surface area contributed by atoms with Crippen molar-refractivity contribution in [2.24, 2.45) is 7.05 Å². The molecule has 42 heavy (non-hydrogen) atoms. The lowest BCUT2D eigenvalue weighted by atomic mass is 10.0. The van der Waals surface area contributed by atoms with Gasteiger partial charge in [0, 0.05) is 18.7 Å². The van der Waals surface area contributed by atoms with Crippen LogP contribution in [0, 0.1) is 6.92 Å². The molecule has 7 nitrogen and oxygen atoms in total. The lowest BCUT2D eigenvalue weighted by Gasteiger charge is -2.24. The zero-order valence-corrected chi connectivity index (χ0v) is 22.0. The largest absolute Gasteiger partial charge is 0.496 e. The average molecular weight is 604 g/mol. The van der Waals surface area contributed by atoms with Crippen LogP contribution in [0.2, 0.25) is 0 Å². The molecule has 0 bridgehead atoms. The number of alkyl halides is 9. The van der Waals surface area contributed by atoms with E-state index in [2.05, 4.69) is 20.4 Å². The molecule has 0 fully saturated rings. The molecule has 0 atom stereocenters. The molecule has 2 heterocycles. The highest BCUT2D eigenvalue weighted by atomic mass is 19.4. The zero-order chi connectivity index (χ0) is 31.0. The Balaban J connectivity index is 1.87. The number of ether oxygens (including phenoxy) is 1. The predicted octanol–water partition coefficient (Wildman–Crippen LogP) is 6.85. The standard InChI is InChI=1S/C26H21F9N6O/c1-14-4-6-20(42-3)19(8-14)22-16(5-7-21(36-22)26(33,34)35)13-41(23-37-39-40(2)38-23)12-15-9-17(24(27,28)29)11-18(10-15)25(30,31)32/h4-11H,12-13H2,1-3H3. The van der Waals surface area contributed by atoms with Gasteiger partial charge in [-0.1, -0.05) is 22.8 Å². The lowest BCUT2D eigenvalue weighted by molar-refractivity contribution is -0.143. The van der Waals surface area contributed by atoms with E-state index in [4.69, 9.17) is 4.74 Å². The number of hydrogen-bond donors (Lipinski definition) is 0. The van der Waals surface area contributed by atoms with Gasteiger partial charge >= 0.3 is 18.5 Å². The van der Waals surface area contributed by atoms with Crippen molar-refractivity contribution in [3.63, 3.8) is 0 Å². The molecular weight excluding hydrogens is 583 g/mol. The van der Waals surface area contributed by atoms with Gasteiger partial charge in [0.25, 0.3) is 5.95 Å². The Morgan fingerprint density at radius 2 is 1.45 bits per heavy atom. The minimum Gasteiger partial charge on any atom is -0.496 e. The van der Waals surface area contributed by atoms with Gasteiger partial charge in [-0.25, -0.2) is 4.98 Å². The van der Waals surface area contributed by atoms with E-state index in [1.165, 1.54) is 31.2 Å². The molecule has 0 spiro atoms. The number of aromatic nitrogens is 5. The van der Waals surface area contributed by atoms with E-state index >= 15 is 0 Å². The van der Waals surface area contributed by atoms with Gasteiger partial charge < -0.3 is 9.64 Å². The highest BCUT2D eigenvalue weighted by Crippen LogP contribution is 2.38. The van der Waals surface area contributed by atoms with Crippen LogP contribution in [0.1, 0.15) is 33.5 Å². The van der Waals surface area contributed by atoms with Crippen molar-refractivity contribution >= 4 is 5.95 Å². The van der Waals surface area contributed by atoms with Crippen LogP contribution in [0.15, 0.2) is 48.5 Å². The van der Waals surface area contributed by atoms with Crippen molar-refractivity contribution in [3.8, 4) is 17.0 Å². The average Bonchev–Trinajstić information content (AvgIpc) is 3.33. The molecule has 224 valence electrons. The molecule has 2 aromatic heterocycles. The molecule has 16 heteroatoms. The normalized spacial score (nSPS) is 12.5. The fourth-order valence-corrected chi connectivity index (χ4v) is 4.15. The van der Waals surface area contributed by atoms with E-state index in [1.807, 2.05) is 0 Å². The SMILES string of the molecule is COc1ccc(C)cc1-c1nc(C(F)(F)F)ccc1CN(Cc1cc(C(F)(F)F)cc(C(F)(F)F)c1)c1nnn(C)n1. The summed E-state index contributed by atoms with van der Waals surface area (Å²) in [6.45, 7) is 0.725. The summed E-state index contributed by atoms with van der Waals surface area (Å²) in [5.41, 5.74) is -3.87. The molecule has 0 saturated carbocycles. The van der Waals surface area contributed by atoms with Crippen LogP contribution < -0.4 is 9.64 Å². The number of tetrazole rings is 1. The second kappa shape index (κ2) is 11.1. The quantitative estimate of drug-likeness (QED) is 0.215. The summed E-state index contributed by atoms with van der Waals surface area (Å²) in [5, 5.41) is 11.5. The molecule has 0 unspecified atom stereocenters. The number of aryl methyl sites for hydroxylation is 2. The third kappa shape index (κ3) is 6.91. The van der Waals surface area contributed by atoms with Crippen LogP contribution in [0.5, 0.6) is 5.75 Å². The highest BCUT2D eigenvalue weighted by Gasteiger charge is 2.37. The maximum Gasteiger partial charge on any atom is 0.433 e. The maximum atomic E-state index is 13.6.